The molecule has 1 aliphatic rings. The molecule has 3 aromatic rings. The maximum atomic E-state index is 13.1. The van der Waals surface area contributed by atoms with Gasteiger partial charge < -0.3 is 9.32 Å². The van der Waals surface area contributed by atoms with Crippen molar-refractivity contribution in [2.45, 2.75) is 13.0 Å². The number of nitrogens with zero attached hydrogens (tertiary/aromatic N) is 2. The average Bonchev–Trinajstić information content (AvgIpc) is 3.10. The van der Waals surface area contributed by atoms with Crippen molar-refractivity contribution in [1.29, 1.82) is 0 Å². The van der Waals surface area contributed by atoms with Crippen molar-refractivity contribution in [2.75, 3.05) is 26.2 Å². The summed E-state index contributed by atoms with van der Waals surface area (Å²) < 4.78 is 18.9. The van der Waals surface area contributed by atoms with Crippen LogP contribution in [0.1, 0.15) is 22.5 Å². The van der Waals surface area contributed by atoms with Crippen LogP contribution in [-0.2, 0) is 6.54 Å². The number of furan rings is 1. The Balaban J connectivity index is 1.40. The Kier molecular flexibility index (Phi) is 5.97. The van der Waals surface area contributed by atoms with E-state index in [-0.39, 0.29) is 11.7 Å². The molecule has 0 aliphatic carbocycles. The van der Waals surface area contributed by atoms with E-state index in [1.807, 2.05) is 35.2 Å². The van der Waals surface area contributed by atoms with Crippen LogP contribution < -0.4 is 0 Å². The fraction of sp³-hybridized carbons (Fsp3) is 0.261. The van der Waals surface area contributed by atoms with E-state index in [9.17, 15) is 9.18 Å². The maximum absolute atomic E-state index is 13.1. The largest absolute Gasteiger partial charge is 0.451 e. The van der Waals surface area contributed by atoms with Crippen LogP contribution in [0.4, 0.5) is 4.39 Å². The van der Waals surface area contributed by atoms with Gasteiger partial charge in [0.2, 0.25) is 0 Å². The minimum Gasteiger partial charge on any atom is -0.451 e. The maximum Gasteiger partial charge on any atom is 0.289 e. The molecule has 1 aliphatic heterocycles. The molecule has 1 saturated heterocycles. The monoisotopic (exact) mass is 412 g/mol. The van der Waals surface area contributed by atoms with Gasteiger partial charge in [0.1, 0.15) is 11.6 Å². The summed E-state index contributed by atoms with van der Waals surface area (Å²) in [6.07, 6.45) is 0.880. The van der Waals surface area contributed by atoms with Gasteiger partial charge in [-0.3, -0.25) is 9.69 Å². The van der Waals surface area contributed by atoms with Crippen molar-refractivity contribution in [2.24, 2.45) is 0 Å². The predicted octanol–water partition coefficient (Wildman–Crippen LogP) is 5.09. The molecular formula is C23H22ClFN2O2. The third-order valence-electron chi connectivity index (χ3n) is 5.15. The van der Waals surface area contributed by atoms with Crippen LogP contribution in [0.3, 0.4) is 0 Å². The lowest BCUT2D eigenvalue weighted by Gasteiger charge is -2.21. The van der Waals surface area contributed by atoms with Crippen molar-refractivity contribution in [3.63, 3.8) is 0 Å². The molecule has 2 heterocycles. The number of rotatable bonds is 4. The minimum absolute atomic E-state index is 0.105. The standard InChI is InChI=1S/C23H22ClFN2O2/c24-20-5-2-1-4-19(20)21-10-11-22(29-21)23(28)27-13-3-12-26(14-15-27)16-17-6-8-18(25)9-7-17/h1-2,4-11H,3,12-16H2. The van der Waals surface area contributed by atoms with Crippen LogP contribution in [0, 0.1) is 5.82 Å². The molecule has 2 aromatic carbocycles. The molecule has 0 bridgehead atoms. The summed E-state index contributed by atoms with van der Waals surface area (Å²) in [5.74, 6) is 0.585. The highest BCUT2D eigenvalue weighted by atomic mass is 35.5. The average molecular weight is 413 g/mol. The van der Waals surface area contributed by atoms with Gasteiger partial charge in [0.05, 0.1) is 5.02 Å². The van der Waals surface area contributed by atoms with E-state index in [0.29, 0.717) is 29.6 Å². The van der Waals surface area contributed by atoms with Gasteiger partial charge in [0.15, 0.2) is 5.76 Å². The number of halogens is 2. The van der Waals surface area contributed by atoms with Crippen LogP contribution in [-0.4, -0.2) is 41.9 Å². The van der Waals surface area contributed by atoms with Crippen LogP contribution in [0.2, 0.25) is 5.02 Å². The van der Waals surface area contributed by atoms with Gasteiger partial charge in [-0.2, -0.15) is 0 Å². The number of hydrogen-bond acceptors (Lipinski definition) is 3. The molecule has 150 valence electrons. The van der Waals surface area contributed by atoms with Gasteiger partial charge in [-0.25, -0.2) is 4.39 Å². The first-order chi connectivity index (χ1) is 14.1. The number of carbonyl (C=O) groups excluding carboxylic acids is 1. The molecule has 1 aromatic heterocycles. The Labute approximate surface area is 174 Å². The second-order valence-corrected chi connectivity index (χ2v) is 7.60. The minimum atomic E-state index is -0.226. The summed E-state index contributed by atoms with van der Waals surface area (Å²) >= 11 is 6.23. The van der Waals surface area contributed by atoms with Gasteiger partial charge in [0, 0.05) is 38.3 Å². The van der Waals surface area contributed by atoms with Gasteiger partial charge in [-0.05, 0) is 48.4 Å². The first-order valence-electron chi connectivity index (χ1n) is 9.71. The van der Waals surface area contributed by atoms with E-state index in [2.05, 4.69) is 4.90 Å². The van der Waals surface area contributed by atoms with Crippen LogP contribution in [0.15, 0.2) is 65.1 Å². The van der Waals surface area contributed by atoms with E-state index in [1.54, 1.807) is 18.2 Å². The molecule has 29 heavy (non-hydrogen) atoms. The van der Waals surface area contributed by atoms with Gasteiger partial charge in [-0.1, -0.05) is 35.9 Å². The Morgan fingerprint density at radius 3 is 2.55 bits per heavy atom. The summed E-state index contributed by atoms with van der Waals surface area (Å²) in [5.41, 5.74) is 1.84. The Hall–Kier alpha value is -2.63. The fourth-order valence-corrected chi connectivity index (χ4v) is 3.82. The van der Waals surface area contributed by atoms with Crippen molar-refractivity contribution < 1.29 is 13.6 Å². The van der Waals surface area contributed by atoms with Crippen LogP contribution in [0.25, 0.3) is 11.3 Å². The fourth-order valence-electron chi connectivity index (χ4n) is 3.59. The highest BCUT2D eigenvalue weighted by Crippen LogP contribution is 2.29. The number of benzene rings is 2. The molecule has 0 unspecified atom stereocenters. The van der Waals surface area contributed by atoms with Gasteiger partial charge >= 0.3 is 0 Å². The van der Waals surface area contributed by atoms with Crippen LogP contribution in [0.5, 0.6) is 0 Å². The molecular weight excluding hydrogens is 391 g/mol. The molecule has 6 heteroatoms. The third-order valence-corrected chi connectivity index (χ3v) is 5.48. The summed E-state index contributed by atoms with van der Waals surface area (Å²) in [6.45, 7) is 3.72. The molecule has 4 rings (SSSR count). The number of hydrogen-bond donors (Lipinski definition) is 0. The SMILES string of the molecule is O=C(c1ccc(-c2ccccc2Cl)o1)N1CCCN(Cc2ccc(F)cc2)CC1. The molecule has 1 amide bonds. The summed E-state index contributed by atoms with van der Waals surface area (Å²) in [4.78, 5) is 17.0. The van der Waals surface area contributed by atoms with Crippen molar-refractivity contribution in [1.82, 2.24) is 9.80 Å². The number of carbonyl (C=O) groups is 1. The lowest BCUT2D eigenvalue weighted by molar-refractivity contribution is 0.0730. The highest BCUT2D eigenvalue weighted by Gasteiger charge is 2.23. The van der Waals surface area contributed by atoms with Gasteiger partial charge in [-0.15, -0.1) is 0 Å². The van der Waals surface area contributed by atoms with E-state index < -0.39 is 0 Å². The van der Waals surface area contributed by atoms with E-state index in [1.165, 1.54) is 12.1 Å². The number of amides is 1. The van der Waals surface area contributed by atoms with E-state index >= 15 is 0 Å². The van der Waals surface area contributed by atoms with Gasteiger partial charge in [0.25, 0.3) is 5.91 Å². The van der Waals surface area contributed by atoms with Crippen molar-refractivity contribution in [3.05, 3.63) is 82.8 Å². The smallest absolute Gasteiger partial charge is 0.289 e. The topological polar surface area (TPSA) is 36.7 Å². The zero-order chi connectivity index (χ0) is 20.2. The first kappa shape index (κ1) is 19.7. The van der Waals surface area contributed by atoms with Crippen molar-refractivity contribution >= 4 is 17.5 Å². The Morgan fingerprint density at radius 1 is 0.966 bits per heavy atom. The third kappa shape index (κ3) is 4.69. The van der Waals surface area contributed by atoms with E-state index in [4.69, 9.17) is 16.0 Å². The molecule has 1 fully saturated rings. The summed E-state index contributed by atoms with van der Waals surface area (Å²) in [5, 5.41) is 0.590. The van der Waals surface area contributed by atoms with E-state index in [0.717, 1.165) is 37.2 Å². The second-order valence-electron chi connectivity index (χ2n) is 7.19. The molecule has 0 spiro atoms. The molecule has 0 saturated carbocycles. The molecule has 4 nitrogen and oxygen atoms in total. The normalized spacial score (nSPS) is 15.3. The molecule has 0 atom stereocenters. The zero-order valence-electron chi connectivity index (χ0n) is 16.0. The summed E-state index contributed by atoms with van der Waals surface area (Å²) in [7, 11) is 0. The first-order valence-corrected chi connectivity index (χ1v) is 10.1. The highest BCUT2D eigenvalue weighted by molar-refractivity contribution is 6.33. The zero-order valence-corrected chi connectivity index (χ0v) is 16.7. The lowest BCUT2D eigenvalue weighted by Crippen LogP contribution is -2.34. The second kappa shape index (κ2) is 8.80. The predicted molar refractivity (Wildman–Crippen MR) is 111 cm³/mol. The van der Waals surface area contributed by atoms with Crippen LogP contribution >= 0.6 is 11.6 Å². The quantitative estimate of drug-likeness (QED) is 0.599. The lowest BCUT2D eigenvalue weighted by atomic mass is 10.2. The summed E-state index contributed by atoms with van der Waals surface area (Å²) in [6, 6.07) is 17.5. The molecule has 0 N–H and O–H groups in total. The Morgan fingerprint density at radius 2 is 1.76 bits per heavy atom. The van der Waals surface area contributed by atoms with Crippen molar-refractivity contribution in [3.8, 4) is 11.3 Å². The Bertz CT molecular complexity index is 987. The molecule has 0 radical (unpaired) electrons.